The summed E-state index contributed by atoms with van der Waals surface area (Å²) in [4.78, 5) is 23.1. The largest absolute Gasteiger partial charge is 0.487 e. The van der Waals surface area contributed by atoms with Crippen LogP contribution < -0.4 is 9.47 Å². The highest BCUT2D eigenvalue weighted by molar-refractivity contribution is 7.55. The standard InChI is InChI=1S/C29H26N3O6P/c1-21-27(30-28(38-21)23-8-4-2-5-9-23)20-36-26-14-12-22(13-15-26)19-37-29-24(16-17-39(33,34)35)18-32(31-29)25-10-6-3-7-11-25/h2-18H,19-20H2,1H3,(H2,33,34,35). The zero-order chi connectivity index (χ0) is 27.2. The summed E-state index contributed by atoms with van der Waals surface area (Å²) in [6.45, 7) is 2.33. The van der Waals surface area contributed by atoms with Crippen molar-refractivity contribution in [3.05, 3.63) is 120 Å². The van der Waals surface area contributed by atoms with Gasteiger partial charge in [0.05, 0.1) is 11.3 Å². The van der Waals surface area contributed by atoms with Gasteiger partial charge in [-0.25, -0.2) is 9.67 Å². The molecule has 0 aliphatic rings. The van der Waals surface area contributed by atoms with Crippen LogP contribution in [-0.2, 0) is 17.8 Å². The third kappa shape index (κ3) is 6.91. The minimum absolute atomic E-state index is 0.200. The summed E-state index contributed by atoms with van der Waals surface area (Å²) in [6.07, 6.45) is 2.97. The van der Waals surface area contributed by atoms with Gasteiger partial charge in [-0.05, 0) is 55.0 Å². The monoisotopic (exact) mass is 543 g/mol. The van der Waals surface area contributed by atoms with E-state index in [9.17, 15) is 14.4 Å². The van der Waals surface area contributed by atoms with E-state index in [0.29, 0.717) is 23.0 Å². The smallest absolute Gasteiger partial charge is 0.349 e. The Labute approximate surface area is 225 Å². The number of aryl methyl sites for hydroxylation is 1. The van der Waals surface area contributed by atoms with E-state index in [-0.39, 0.29) is 19.1 Å². The van der Waals surface area contributed by atoms with Crippen molar-refractivity contribution in [3.8, 4) is 28.8 Å². The van der Waals surface area contributed by atoms with Gasteiger partial charge in [0.15, 0.2) is 0 Å². The van der Waals surface area contributed by atoms with E-state index in [4.69, 9.17) is 13.9 Å². The molecule has 5 rings (SSSR count). The molecule has 0 atom stereocenters. The fourth-order valence-corrected chi connectivity index (χ4v) is 4.09. The second kappa shape index (κ2) is 11.5. The van der Waals surface area contributed by atoms with Gasteiger partial charge in [0.1, 0.15) is 30.4 Å². The first-order valence-electron chi connectivity index (χ1n) is 12.1. The molecule has 0 bridgehead atoms. The lowest BCUT2D eigenvalue weighted by Gasteiger charge is -2.07. The van der Waals surface area contributed by atoms with Crippen LogP contribution >= 0.6 is 7.60 Å². The maximum absolute atomic E-state index is 11.4. The summed E-state index contributed by atoms with van der Waals surface area (Å²) in [5.74, 6) is 3.01. The minimum Gasteiger partial charge on any atom is -0.487 e. The topological polar surface area (TPSA) is 120 Å². The molecule has 0 aliphatic carbocycles. The van der Waals surface area contributed by atoms with E-state index < -0.39 is 7.60 Å². The summed E-state index contributed by atoms with van der Waals surface area (Å²) >= 11 is 0. The fourth-order valence-electron chi connectivity index (χ4n) is 3.74. The van der Waals surface area contributed by atoms with Gasteiger partial charge in [0.2, 0.25) is 11.8 Å². The summed E-state index contributed by atoms with van der Waals surface area (Å²) < 4.78 is 30.6. The van der Waals surface area contributed by atoms with Gasteiger partial charge in [0.25, 0.3) is 0 Å². The highest BCUT2D eigenvalue weighted by Crippen LogP contribution is 2.37. The van der Waals surface area contributed by atoms with E-state index in [0.717, 1.165) is 28.3 Å². The molecule has 0 saturated heterocycles. The number of para-hydroxylation sites is 1. The molecule has 0 fully saturated rings. The summed E-state index contributed by atoms with van der Waals surface area (Å²) in [7, 11) is -4.34. The lowest BCUT2D eigenvalue weighted by Crippen LogP contribution is -2.00. The number of benzene rings is 3. The first-order chi connectivity index (χ1) is 18.8. The number of nitrogens with zero attached hydrogens (tertiary/aromatic N) is 3. The summed E-state index contributed by atoms with van der Waals surface area (Å²) in [5.41, 5.74) is 3.74. The van der Waals surface area contributed by atoms with Crippen molar-refractivity contribution in [2.75, 3.05) is 0 Å². The Morgan fingerprint density at radius 2 is 1.62 bits per heavy atom. The van der Waals surface area contributed by atoms with Crippen LogP contribution in [-0.4, -0.2) is 24.6 Å². The Morgan fingerprint density at radius 1 is 0.923 bits per heavy atom. The van der Waals surface area contributed by atoms with Crippen molar-refractivity contribution < 1.29 is 28.2 Å². The van der Waals surface area contributed by atoms with E-state index in [1.54, 1.807) is 10.9 Å². The van der Waals surface area contributed by atoms with Crippen LogP contribution in [0.4, 0.5) is 0 Å². The number of hydrogen-bond donors (Lipinski definition) is 2. The highest BCUT2D eigenvalue weighted by Gasteiger charge is 2.14. The molecule has 0 unspecified atom stereocenters. The van der Waals surface area contributed by atoms with Crippen molar-refractivity contribution in [2.45, 2.75) is 20.1 Å². The average molecular weight is 544 g/mol. The van der Waals surface area contributed by atoms with Crippen molar-refractivity contribution in [1.82, 2.24) is 14.8 Å². The van der Waals surface area contributed by atoms with Gasteiger partial charge in [0, 0.05) is 17.6 Å². The Morgan fingerprint density at radius 3 is 2.31 bits per heavy atom. The maximum Gasteiger partial charge on any atom is 0.349 e. The first kappa shape index (κ1) is 26.2. The van der Waals surface area contributed by atoms with Crippen LogP contribution in [0.3, 0.4) is 0 Å². The van der Waals surface area contributed by atoms with Gasteiger partial charge < -0.3 is 23.7 Å². The first-order valence-corrected chi connectivity index (χ1v) is 13.8. The van der Waals surface area contributed by atoms with Gasteiger partial charge in [-0.15, -0.1) is 5.10 Å². The van der Waals surface area contributed by atoms with Crippen LogP contribution in [0.2, 0.25) is 0 Å². The van der Waals surface area contributed by atoms with Gasteiger partial charge >= 0.3 is 7.60 Å². The Hall–Kier alpha value is -4.43. The van der Waals surface area contributed by atoms with Crippen molar-refractivity contribution >= 4 is 13.7 Å². The van der Waals surface area contributed by atoms with Crippen LogP contribution in [0.5, 0.6) is 11.6 Å². The molecule has 198 valence electrons. The number of hydrogen-bond acceptors (Lipinski definition) is 6. The van der Waals surface area contributed by atoms with Gasteiger partial charge in [-0.2, -0.15) is 0 Å². The van der Waals surface area contributed by atoms with Gasteiger partial charge in [-0.3, -0.25) is 4.57 Å². The average Bonchev–Trinajstić information content (AvgIpc) is 3.54. The van der Waals surface area contributed by atoms with Crippen molar-refractivity contribution in [2.24, 2.45) is 0 Å². The van der Waals surface area contributed by atoms with Crippen molar-refractivity contribution in [1.29, 1.82) is 0 Å². The van der Waals surface area contributed by atoms with E-state index in [2.05, 4.69) is 10.1 Å². The lowest BCUT2D eigenvalue weighted by atomic mass is 10.2. The molecule has 5 aromatic rings. The molecule has 0 radical (unpaired) electrons. The molecule has 2 aromatic heterocycles. The van der Waals surface area contributed by atoms with E-state index in [1.165, 1.54) is 6.08 Å². The highest BCUT2D eigenvalue weighted by atomic mass is 31.2. The Kier molecular flexibility index (Phi) is 7.74. The fraction of sp³-hybridized carbons (Fsp3) is 0.103. The molecule has 9 nitrogen and oxygen atoms in total. The molecule has 0 aliphatic heterocycles. The molecule has 3 aromatic carbocycles. The third-order valence-corrected chi connectivity index (χ3v) is 6.30. The maximum atomic E-state index is 11.4. The van der Waals surface area contributed by atoms with E-state index in [1.807, 2.05) is 91.9 Å². The summed E-state index contributed by atoms with van der Waals surface area (Å²) in [5, 5.41) is 4.46. The number of ether oxygens (including phenoxy) is 2. The quantitative estimate of drug-likeness (QED) is 0.202. The van der Waals surface area contributed by atoms with Crippen LogP contribution in [0.15, 0.2) is 101 Å². The SMILES string of the molecule is Cc1oc(-c2ccccc2)nc1COc1ccc(COc2nn(-c3ccccc3)cc2C=CP(=O)(O)O)cc1. The molecule has 10 heteroatoms. The predicted molar refractivity (Wildman–Crippen MR) is 146 cm³/mol. The third-order valence-electron chi connectivity index (χ3n) is 5.76. The molecule has 0 spiro atoms. The molecule has 2 heterocycles. The lowest BCUT2D eigenvalue weighted by molar-refractivity contribution is 0.289. The van der Waals surface area contributed by atoms with Crippen molar-refractivity contribution in [3.63, 3.8) is 0 Å². The zero-order valence-electron chi connectivity index (χ0n) is 21.0. The molecular formula is C29H26N3O6P. The molecule has 0 amide bonds. The zero-order valence-corrected chi connectivity index (χ0v) is 21.9. The second-order valence-corrected chi connectivity index (χ2v) is 10.2. The number of rotatable bonds is 10. The van der Waals surface area contributed by atoms with Gasteiger partial charge in [-0.1, -0.05) is 48.5 Å². The summed E-state index contributed by atoms with van der Waals surface area (Å²) in [6, 6.07) is 26.5. The molecule has 2 N–H and O–H groups in total. The predicted octanol–water partition coefficient (Wildman–Crippen LogP) is 6.14. The molecule has 0 saturated carbocycles. The second-order valence-electron chi connectivity index (χ2n) is 8.68. The molecular weight excluding hydrogens is 517 g/mol. The Bertz CT molecular complexity index is 1610. The normalized spacial score (nSPS) is 11.7. The Balaban J connectivity index is 1.23. The van der Waals surface area contributed by atoms with E-state index >= 15 is 0 Å². The number of aromatic nitrogens is 3. The number of oxazole rings is 1. The van der Waals surface area contributed by atoms with Crippen LogP contribution in [0.1, 0.15) is 22.6 Å². The van der Waals surface area contributed by atoms with Crippen LogP contribution in [0, 0.1) is 6.92 Å². The van der Waals surface area contributed by atoms with Crippen LogP contribution in [0.25, 0.3) is 23.2 Å². The minimum atomic E-state index is -4.34. The molecule has 39 heavy (non-hydrogen) atoms.